The predicted octanol–water partition coefficient (Wildman–Crippen LogP) is 3.34. The molecule has 3 atom stereocenters. The molecule has 1 amide bonds. The fourth-order valence-corrected chi connectivity index (χ4v) is 3.52. The minimum absolute atomic E-state index is 0.0668. The second-order valence-electron chi connectivity index (χ2n) is 6.89. The van der Waals surface area contributed by atoms with E-state index < -0.39 is 11.6 Å². The van der Waals surface area contributed by atoms with Crippen molar-refractivity contribution in [1.29, 1.82) is 0 Å². The Morgan fingerprint density at radius 3 is 2.78 bits per heavy atom. The van der Waals surface area contributed by atoms with E-state index in [0.29, 0.717) is 17.9 Å². The van der Waals surface area contributed by atoms with Crippen LogP contribution in [0.1, 0.15) is 36.3 Å². The first-order valence-corrected chi connectivity index (χ1v) is 9.09. The van der Waals surface area contributed by atoms with Gasteiger partial charge in [0.05, 0.1) is 13.0 Å². The van der Waals surface area contributed by atoms with Crippen molar-refractivity contribution >= 4 is 5.91 Å². The molecule has 0 saturated carbocycles. The minimum atomic E-state index is -0.861. The molecule has 1 aliphatic rings. The molecule has 3 rings (SSSR count). The van der Waals surface area contributed by atoms with Crippen LogP contribution in [0.2, 0.25) is 0 Å². The van der Waals surface area contributed by atoms with E-state index in [2.05, 4.69) is 10.6 Å². The van der Waals surface area contributed by atoms with Crippen molar-refractivity contribution in [3.63, 3.8) is 0 Å². The Bertz CT molecular complexity index is 813. The van der Waals surface area contributed by atoms with E-state index >= 15 is 0 Å². The summed E-state index contributed by atoms with van der Waals surface area (Å²) in [6.07, 6.45) is 0.740. The van der Waals surface area contributed by atoms with Crippen LogP contribution in [0, 0.1) is 11.6 Å². The summed E-state index contributed by atoms with van der Waals surface area (Å²) in [5.74, 6) is -1.55. The average Bonchev–Trinajstić information content (AvgIpc) is 2.70. The topological polar surface area (TPSA) is 50.4 Å². The highest BCUT2D eigenvalue weighted by Crippen LogP contribution is 2.28. The molecule has 1 saturated heterocycles. The van der Waals surface area contributed by atoms with Gasteiger partial charge in [-0.1, -0.05) is 18.2 Å². The van der Waals surface area contributed by atoms with Crippen molar-refractivity contribution in [2.75, 3.05) is 20.2 Å². The summed E-state index contributed by atoms with van der Waals surface area (Å²) >= 11 is 0. The predicted molar refractivity (Wildman–Crippen MR) is 99.9 cm³/mol. The van der Waals surface area contributed by atoms with Gasteiger partial charge >= 0.3 is 0 Å². The highest BCUT2D eigenvalue weighted by atomic mass is 19.2. The van der Waals surface area contributed by atoms with Crippen LogP contribution >= 0.6 is 0 Å². The second-order valence-corrected chi connectivity index (χ2v) is 6.89. The molecule has 0 spiro atoms. The number of nitrogens with one attached hydrogen (secondary N) is 2. The number of carbonyl (C=O) groups is 1. The lowest BCUT2D eigenvalue weighted by atomic mass is 9.85. The van der Waals surface area contributed by atoms with Gasteiger partial charge in [0.1, 0.15) is 5.75 Å². The monoisotopic (exact) mass is 374 g/mol. The lowest BCUT2D eigenvalue weighted by Gasteiger charge is -2.34. The maximum Gasteiger partial charge on any atom is 0.227 e. The SMILES string of the molecule is COc1cccc(C(C)C(=O)NC2CNCCC2c2ccc(F)c(F)c2)c1. The normalized spacial score (nSPS) is 20.7. The molecule has 0 bridgehead atoms. The zero-order valence-corrected chi connectivity index (χ0v) is 15.5. The molecule has 0 aromatic heterocycles. The molecule has 2 aromatic rings. The Hall–Kier alpha value is -2.47. The Morgan fingerprint density at radius 1 is 1.22 bits per heavy atom. The second kappa shape index (κ2) is 8.48. The van der Waals surface area contributed by atoms with E-state index in [1.807, 2.05) is 31.2 Å². The largest absolute Gasteiger partial charge is 0.497 e. The number of rotatable bonds is 5. The maximum atomic E-state index is 13.7. The zero-order chi connectivity index (χ0) is 19.4. The van der Waals surface area contributed by atoms with Crippen LogP contribution in [0.4, 0.5) is 8.78 Å². The molecule has 2 N–H and O–H groups in total. The molecule has 0 aliphatic carbocycles. The molecular weight excluding hydrogens is 350 g/mol. The van der Waals surface area contributed by atoms with E-state index in [1.54, 1.807) is 13.2 Å². The summed E-state index contributed by atoms with van der Waals surface area (Å²) in [5, 5.41) is 6.34. The number of methoxy groups -OCH3 is 1. The van der Waals surface area contributed by atoms with E-state index in [1.165, 1.54) is 6.07 Å². The van der Waals surface area contributed by atoms with Crippen molar-refractivity contribution in [1.82, 2.24) is 10.6 Å². The number of benzene rings is 2. The van der Waals surface area contributed by atoms with Gasteiger partial charge in [-0.25, -0.2) is 8.78 Å². The Labute approximate surface area is 157 Å². The molecule has 6 heteroatoms. The number of hydrogen-bond donors (Lipinski definition) is 2. The summed E-state index contributed by atoms with van der Waals surface area (Å²) in [6, 6.07) is 11.2. The molecule has 1 fully saturated rings. The first-order valence-electron chi connectivity index (χ1n) is 9.09. The molecule has 27 heavy (non-hydrogen) atoms. The number of hydrogen-bond acceptors (Lipinski definition) is 3. The van der Waals surface area contributed by atoms with Gasteiger partial charge in [-0.15, -0.1) is 0 Å². The van der Waals surface area contributed by atoms with Gasteiger partial charge in [0.2, 0.25) is 5.91 Å². The van der Waals surface area contributed by atoms with Crippen LogP contribution in [-0.2, 0) is 4.79 Å². The van der Waals surface area contributed by atoms with E-state index in [4.69, 9.17) is 4.74 Å². The molecule has 4 nitrogen and oxygen atoms in total. The van der Waals surface area contributed by atoms with Crippen molar-refractivity contribution < 1.29 is 18.3 Å². The quantitative estimate of drug-likeness (QED) is 0.844. The van der Waals surface area contributed by atoms with Crippen molar-refractivity contribution in [2.45, 2.75) is 31.2 Å². The lowest BCUT2D eigenvalue weighted by molar-refractivity contribution is -0.123. The maximum absolute atomic E-state index is 13.7. The van der Waals surface area contributed by atoms with E-state index in [0.717, 1.165) is 24.6 Å². The van der Waals surface area contributed by atoms with Crippen LogP contribution in [0.3, 0.4) is 0 Å². The van der Waals surface area contributed by atoms with Crippen LogP contribution in [0.25, 0.3) is 0 Å². The third kappa shape index (κ3) is 4.45. The van der Waals surface area contributed by atoms with Gasteiger partial charge in [-0.2, -0.15) is 0 Å². The van der Waals surface area contributed by atoms with E-state index in [-0.39, 0.29) is 23.8 Å². The number of ether oxygens (including phenoxy) is 1. The summed E-state index contributed by atoms with van der Waals surface area (Å²) in [4.78, 5) is 12.8. The Balaban J connectivity index is 1.75. The van der Waals surface area contributed by atoms with Gasteiger partial charge in [0.15, 0.2) is 11.6 Å². The summed E-state index contributed by atoms with van der Waals surface area (Å²) in [7, 11) is 1.59. The first kappa shape index (κ1) is 19.3. The fourth-order valence-electron chi connectivity index (χ4n) is 3.52. The average molecular weight is 374 g/mol. The van der Waals surface area contributed by atoms with Crippen molar-refractivity contribution in [3.8, 4) is 5.75 Å². The lowest BCUT2D eigenvalue weighted by Crippen LogP contribution is -2.50. The molecule has 3 unspecified atom stereocenters. The van der Waals surface area contributed by atoms with Crippen LogP contribution in [-0.4, -0.2) is 32.1 Å². The molecule has 2 aromatic carbocycles. The van der Waals surface area contributed by atoms with Gasteiger partial charge in [0, 0.05) is 18.5 Å². The summed E-state index contributed by atoms with van der Waals surface area (Å²) in [5.41, 5.74) is 1.56. The highest BCUT2D eigenvalue weighted by molar-refractivity contribution is 5.83. The summed E-state index contributed by atoms with van der Waals surface area (Å²) < 4.78 is 32.1. The molecule has 0 radical (unpaired) electrons. The van der Waals surface area contributed by atoms with E-state index in [9.17, 15) is 13.6 Å². The van der Waals surface area contributed by atoms with Gasteiger partial charge in [-0.3, -0.25) is 4.79 Å². The standard InChI is InChI=1S/C21H24F2N2O2/c1-13(14-4-3-5-16(10-14)27-2)21(26)25-20-12-24-9-8-17(20)15-6-7-18(22)19(23)11-15/h3-7,10-11,13,17,20,24H,8-9,12H2,1-2H3,(H,25,26). The first-order chi connectivity index (χ1) is 13.0. The van der Waals surface area contributed by atoms with Crippen LogP contribution in [0.15, 0.2) is 42.5 Å². The Kier molecular flexibility index (Phi) is 6.06. The van der Waals surface area contributed by atoms with Crippen molar-refractivity contribution in [2.24, 2.45) is 0 Å². The molecule has 1 aliphatic heterocycles. The number of amides is 1. The highest BCUT2D eigenvalue weighted by Gasteiger charge is 2.30. The Morgan fingerprint density at radius 2 is 2.04 bits per heavy atom. The summed E-state index contributed by atoms with van der Waals surface area (Å²) in [6.45, 7) is 3.19. The number of carbonyl (C=O) groups excluding carboxylic acids is 1. The third-order valence-corrected chi connectivity index (χ3v) is 5.17. The van der Waals surface area contributed by atoms with Crippen molar-refractivity contribution in [3.05, 3.63) is 65.2 Å². The zero-order valence-electron chi connectivity index (χ0n) is 15.5. The third-order valence-electron chi connectivity index (χ3n) is 5.17. The smallest absolute Gasteiger partial charge is 0.227 e. The minimum Gasteiger partial charge on any atom is -0.497 e. The molecule has 144 valence electrons. The van der Waals surface area contributed by atoms with Gasteiger partial charge in [-0.05, 0) is 55.3 Å². The van der Waals surface area contributed by atoms with Crippen LogP contribution in [0.5, 0.6) is 5.75 Å². The van der Waals surface area contributed by atoms with Gasteiger partial charge < -0.3 is 15.4 Å². The van der Waals surface area contributed by atoms with Crippen LogP contribution < -0.4 is 15.4 Å². The van der Waals surface area contributed by atoms with Gasteiger partial charge in [0.25, 0.3) is 0 Å². The number of piperidine rings is 1. The fraction of sp³-hybridized carbons (Fsp3) is 0.381. The molecule has 1 heterocycles. The molecular formula is C21H24F2N2O2. The number of halogens is 2.